The minimum atomic E-state index is -1.15. The summed E-state index contributed by atoms with van der Waals surface area (Å²) in [6.07, 6.45) is 1.70. The third-order valence-electron chi connectivity index (χ3n) is 7.88. The Kier molecular flexibility index (Phi) is 8.32. The highest BCUT2D eigenvalue weighted by Crippen LogP contribution is 2.48. The number of fused-ring (bicyclic) bond motifs is 1. The Balaban J connectivity index is 1.21. The number of aryl methyl sites for hydroxylation is 2. The molecule has 1 N–H and O–H groups in total. The molecule has 5 aromatic rings. The van der Waals surface area contributed by atoms with Crippen LogP contribution in [0.5, 0.6) is 11.5 Å². The zero-order valence-corrected chi connectivity index (χ0v) is 24.1. The molecule has 0 saturated carbocycles. The van der Waals surface area contributed by atoms with Gasteiger partial charge in [-0.15, -0.1) is 0 Å². The first-order valence-corrected chi connectivity index (χ1v) is 14.6. The van der Waals surface area contributed by atoms with Gasteiger partial charge in [-0.25, -0.2) is 0 Å². The summed E-state index contributed by atoms with van der Waals surface area (Å²) < 4.78 is 11.2. The van der Waals surface area contributed by atoms with Gasteiger partial charge in [0.15, 0.2) is 0 Å². The molecular weight excluding hydrogens is 550 g/mol. The fourth-order valence-corrected chi connectivity index (χ4v) is 5.69. The fourth-order valence-electron chi connectivity index (χ4n) is 5.69. The van der Waals surface area contributed by atoms with Gasteiger partial charge in [-0.2, -0.15) is 0 Å². The molecule has 6 nitrogen and oxygen atoms in total. The molecule has 5 aromatic carbocycles. The van der Waals surface area contributed by atoms with E-state index in [1.165, 1.54) is 0 Å². The molecule has 0 saturated heterocycles. The largest absolute Gasteiger partial charge is 0.427 e. The lowest BCUT2D eigenvalue weighted by atomic mass is 9.70. The molecule has 0 aliphatic carbocycles. The number of anilines is 1. The van der Waals surface area contributed by atoms with Crippen molar-refractivity contribution in [1.82, 2.24) is 0 Å². The van der Waals surface area contributed by atoms with Gasteiger partial charge < -0.3 is 14.8 Å². The lowest BCUT2D eigenvalue weighted by Crippen LogP contribution is -2.37. The zero-order valence-electron chi connectivity index (χ0n) is 24.1. The van der Waals surface area contributed by atoms with E-state index in [0.717, 1.165) is 33.5 Å². The zero-order chi connectivity index (χ0) is 30.4. The van der Waals surface area contributed by atoms with Gasteiger partial charge in [0.1, 0.15) is 16.9 Å². The van der Waals surface area contributed by atoms with E-state index in [9.17, 15) is 14.4 Å². The van der Waals surface area contributed by atoms with Gasteiger partial charge in [0.05, 0.1) is 0 Å². The summed E-state index contributed by atoms with van der Waals surface area (Å²) in [5, 5.41) is 3.03. The van der Waals surface area contributed by atoms with Gasteiger partial charge >= 0.3 is 11.9 Å². The van der Waals surface area contributed by atoms with Crippen LogP contribution in [-0.4, -0.2) is 17.8 Å². The van der Waals surface area contributed by atoms with Crippen molar-refractivity contribution in [2.75, 3.05) is 5.32 Å². The number of carbonyl (C=O) groups is 3. The van der Waals surface area contributed by atoms with E-state index in [-0.39, 0.29) is 30.7 Å². The summed E-state index contributed by atoms with van der Waals surface area (Å²) in [7, 11) is 0. The summed E-state index contributed by atoms with van der Waals surface area (Å²) in [6, 6.07) is 41.3. The predicted molar refractivity (Wildman–Crippen MR) is 169 cm³/mol. The van der Waals surface area contributed by atoms with Crippen LogP contribution in [0, 0.1) is 0 Å². The van der Waals surface area contributed by atoms with Crippen molar-refractivity contribution in [3.05, 3.63) is 161 Å². The van der Waals surface area contributed by atoms with E-state index < -0.39 is 5.41 Å². The van der Waals surface area contributed by atoms with Crippen molar-refractivity contribution in [2.24, 2.45) is 0 Å². The van der Waals surface area contributed by atoms with Gasteiger partial charge in [-0.3, -0.25) is 14.4 Å². The van der Waals surface area contributed by atoms with Gasteiger partial charge in [-0.05, 0) is 65.4 Å². The van der Waals surface area contributed by atoms with E-state index in [2.05, 4.69) is 5.32 Å². The first kappa shape index (κ1) is 28.6. The Labute approximate surface area is 256 Å². The second kappa shape index (κ2) is 12.8. The van der Waals surface area contributed by atoms with E-state index in [0.29, 0.717) is 24.3 Å². The third-order valence-corrected chi connectivity index (χ3v) is 7.88. The predicted octanol–water partition coefficient (Wildman–Crippen LogP) is 7.05. The second-order valence-corrected chi connectivity index (χ2v) is 10.7. The molecule has 44 heavy (non-hydrogen) atoms. The van der Waals surface area contributed by atoms with Crippen molar-refractivity contribution in [3.8, 4) is 11.5 Å². The van der Waals surface area contributed by atoms with Gasteiger partial charge in [-0.1, -0.05) is 103 Å². The maximum atomic E-state index is 13.8. The molecule has 0 aromatic heterocycles. The van der Waals surface area contributed by atoms with E-state index >= 15 is 0 Å². The van der Waals surface area contributed by atoms with Crippen molar-refractivity contribution in [2.45, 2.75) is 31.1 Å². The number of hydrogen-bond donors (Lipinski definition) is 1. The first-order valence-electron chi connectivity index (χ1n) is 14.6. The highest BCUT2D eigenvalue weighted by atomic mass is 16.5. The smallest absolute Gasteiger partial charge is 0.311 e. The lowest BCUT2D eigenvalue weighted by Gasteiger charge is -2.29. The van der Waals surface area contributed by atoms with Crippen molar-refractivity contribution < 1.29 is 23.9 Å². The number of amides is 1. The average Bonchev–Trinajstić information content (AvgIpc) is 3.37. The van der Waals surface area contributed by atoms with E-state index in [1.807, 2.05) is 109 Å². The minimum absolute atomic E-state index is 0.195. The van der Waals surface area contributed by atoms with Crippen LogP contribution < -0.4 is 14.8 Å². The molecule has 0 atom stereocenters. The number of benzene rings is 5. The monoisotopic (exact) mass is 581 g/mol. The molecule has 0 fully saturated rings. The molecule has 218 valence electrons. The van der Waals surface area contributed by atoms with Crippen LogP contribution in [0.25, 0.3) is 0 Å². The lowest BCUT2D eigenvalue weighted by molar-refractivity contribution is -0.135. The molecule has 6 heteroatoms. The number of para-hydroxylation sites is 1. The molecule has 1 amide bonds. The molecule has 0 bridgehead atoms. The Hall–Kier alpha value is -5.49. The fraction of sp³-hybridized carbons (Fsp3) is 0.132. The Morgan fingerprint density at radius 1 is 0.545 bits per heavy atom. The first-order chi connectivity index (χ1) is 21.5. The number of ether oxygens (including phenoxy) is 2. The average molecular weight is 582 g/mol. The number of carbonyl (C=O) groups excluding carboxylic acids is 3. The number of nitrogens with one attached hydrogen (secondary N) is 1. The summed E-state index contributed by atoms with van der Waals surface area (Å²) in [6.45, 7) is 0. The van der Waals surface area contributed by atoms with Crippen LogP contribution in [0.4, 0.5) is 5.69 Å². The summed E-state index contributed by atoms with van der Waals surface area (Å²) in [4.78, 5) is 38.9. The highest BCUT2D eigenvalue weighted by molar-refractivity contribution is 6.11. The minimum Gasteiger partial charge on any atom is -0.427 e. The molecule has 1 aliphatic heterocycles. The summed E-state index contributed by atoms with van der Waals surface area (Å²) >= 11 is 0. The van der Waals surface area contributed by atoms with Crippen molar-refractivity contribution >= 4 is 23.5 Å². The second-order valence-electron chi connectivity index (χ2n) is 10.7. The highest BCUT2D eigenvalue weighted by Gasteiger charge is 2.49. The molecule has 0 spiro atoms. The Morgan fingerprint density at radius 2 is 0.977 bits per heavy atom. The molecule has 0 unspecified atom stereocenters. The number of rotatable bonds is 10. The van der Waals surface area contributed by atoms with Crippen LogP contribution in [0.15, 0.2) is 133 Å². The molecular formula is C38H31NO5. The summed E-state index contributed by atoms with van der Waals surface area (Å²) in [5.74, 6) is -0.0277. The van der Waals surface area contributed by atoms with Crippen LogP contribution >= 0.6 is 0 Å². The molecule has 0 radical (unpaired) electrons. The van der Waals surface area contributed by atoms with E-state index in [4.69, 9.17) is 9.47 Å². The quantitative estimate of drug-likeness (QED) is 0.141. The van der Waals surface area contributed by atoms with E-state index in [1.54, 1.807) is 24.3 Å². The van der Waals surface area contributed by atoms with Gasteiger partial charge in [0.2, 0.25) is 5.91 Å². The SMILES string of the molecule is O=C(CCc1ccccc1)Oc1ccc(C2(c3ccc(OC(=O)CCc4ccccc4)cc3)C(=O)Nc3ccccc32)cc1. The normalized spacial score (nSPS) is 13.0. The van der Waals surface area contributed by atoms with Crippen molar-refractivity contribution in [3.63, 3.8) is 0 Å². The van der Waals surface area contributed by atoms with Gasteiger partial charge in [0, 0.05) is 24.1 Å². The molecule has 1 aliphatic rings. The van der Waals surface area contributed by atoms with Crippen LogP contribution in [0.3, 0.4) is 0 Å². The third kappa shape index (κ3) is 6.01. The number of esters is 2. The topological polar surface area (TPSA) is 81.7 Å². The van der Waals surface area contributed by atoms with Crippen LogP contribution in [-0.2, 0) is 32.6 Å². The molecule has 6 rings (SSSR count). The summed E-state index contributed by atoms with van der Waals surface area (Å²) in [5.41, 5.74) is 3.97. The maximum Gasteiger partial charge on any atom is 0.311 e. The van der Waals surface area contributed by atoms with Crippen LogP contribution in [0.1, 0.15) is 40.7 Å². The standard InChI is InChI=1S/C38H31NO5/c40-35(25-15-27-9-3-1-4-10-27)43-31-21-17-29(18-22-31)38(33-13-7-8-14-34(33)39-37(38)42)30-19-23-32(24-20-30)44-36(41)26-16-28-11-5-2-6-12-28/h1-14,17-24H,15-16,25-26H2,(H,39,42). The van der Waals surface area contributed by atoms with Crippen molar-refractivity contribution in [1.29, 1.82) is 0 Å². The Bertz CT molecular complexity index is 1660. The Morgan fingerprint density at radius 3 is 1.45 bits per heavy atom. The van der Waals surface area contributed by atoms with Crippen LogP contribution in [0.2, 0.25) is 0 Å². The molecule has 1 heterocycles. The number of hydrogen-bond acceptors (Lipinski definition) is 5. The maximum absolute atomic E-state index is 13.8. The van der Waals surface area contributed by atoms with Gasteiger partial charge in [0.25, 0.3) is 0 Å².